The largest absolute Gasteiger partial charge is 0.511 e. The van der Waals surface area contributed by atoms with Crippen molar-refractivity contribution in [1.82, 2.24) is 0 Å². The number of hydrogen-bond donors (Lipinski definition) is 1. The normalized spacial score (nSPS) is 21.5. The zero-order valence-electron chi connectivity index (χ0n) is 8.57. The Morgan fingerprint density at radius 3 is 2.53 bits per heavy atom. The standard InChI is InChI=1S/C10H12O5/c1-5(11)8-7(12)4-3-6(9(8)13)10(14)15-2/h6,13H,3-4H2,1-2H3/t6-/m0/s1. The fourth-order valence-corrected chi connectivity index (χ4v) is 1.60. The minimum Gasteiger partial charge on any atom is -0.511 e. The summed E-state index contributed by atoms with van der Waals surface area (Å²) >= 11 is 0. The van der Waals surface area contributed by atoms with E-state index in [9.17, 15) is 19.5 Å². The number of esters is 1. The van der Waals surface area contributed by atoms with Crippen LogP contribution < -0.4 is 0 Å². The molecule has 82 valence electrons. The molecule has 1 rings (SSSR count). The number of allylic oxidation sites excluding steroid dienone is 1. The predicted octanol–water partition coefficient (Wildman–Crippen LogP) is 0.540. The van der Waals surface area contributed by atoms with Gasteiger partial charge in [0.05, 0.1) is 12.7 Å². The first-order chi connectivity index (χ1) is 6.99. The van der Waals surface area contributed by atoms with E-state index in [1.165, 1.54) is 14.0 Å². The number of methoxy groups -OCH3 is 1. The lowest BCUT2D eigenvalue weighted by Crippen LogP contribution is -2.29. The number of hydrogen-bond acceptors (Lipinski definition) is 5. The molecule has 0 unspecified atom stereocenters. The molecular formula is C10H12O5. The van der Waals surface area contributed by atoms with E-state index < -0.39 is 29.2 Å². The molecule has 0 saturated carbocycles. The Labute approximate surface area is 86.7 Å². The number of ketones is 2. The van der Waals surface area contributed by atoms with Crippen LogP contribution in [0.1, 0.15) is 19.8 Å². The van der Waals surface area contributed by atoms with Crippen LogP contribution in [0.5, 0.6) is 0 Å². The van der Waals surface area contributed by atoms with Gasteiger partial charge in [0.15, 0.2) is 11.6 Å². The van der Waals surface area contributed by atoms with Gasteiger partial charge < -0.3 is 9.84 Å². The minimum absolute atomic E-state index is 0.0821. The molecule has 5 nitrogen and oxygen atoms in total. The van der Waals surface area contributed by atoms with Crippen LogP contribution in [0, 0.1) is 5.92 Å². The van der Waals surface area contributed by atoms with Gasteiger partial charge in [-0.25, -0.2) is 0 Å². The lowest BCUT2D eigenvalue weighted by molar-refractivity contribution is -0.145. The van der Waals surface area contributed by atoms with E-state index in [0.29, 0.717) is 0 Å². The van der Waals surface area contributed by atoms with Crippen LogP contribution >= 0.6 is 0 Å². The molecule has 1 N–H and O–H groups in total. The Kier molecular flexibility index (Phi) is 3.24. The summed E-state index contributed by atoms with van der Waals surface area (Å²) in [7, 11) is 1.19. The average molecular weight is 212 g/mol. The van der Waals surface area contributed by atoms with Crippen molar-refractivity contribution in [2.24, 2.45) is 5.92 Å². The van der Waals surface area contributed by atoms with Gasteiger partial charge in [-0.05, 0) is 13.3 Å². The highest BCUT2D eigenvalue weighted by Gasteiger charge is 2.35. The van der Waals surface area contributed by atoms with Gasteiger partial charge in [-0.15, -0.1) is 0 Å². The number of carbonyl (C=O) groups excluding carboxylic acids is 3. The molecule has 0 aliphatic heterocycles. The van der Waals surface area contributed by atoms with Crippen molar-refractivity contribution in [3.8, 4) is 0 Å². The zero-order chi connectivity index (χ0) is 11.6. The number of Topliss-reactive ketones (excluding diaryl/α,β-unsaturated/α-hetero) is 2. The predicted molar refractivity (Wildman–Crippen MR) is 50.1 cm³/mol. The Balaban J connectivity index is 3.12. The SMILES string of the molecule is COC(=O)[C@H]1CCC(=O)C(C(C)=O)=C1O. The van der Waals surface area contributed by atoms with Crippen LogP contribution in [0.3, 0.4) is 0 Å². The number of aliphatic hydroxyl groups is 1. The summed E-state index contributed by atoms with van der Waals surface area (Å²) in [5.74, 6) is -2.90. The van der Waals surface area contributed by atoms with Crippen molar-refractivity contribution in [2.45, 2.75) is 19.8 Å². The van der Waals surface area contributed by atoms with E-state index in [1.54, 1.807) is 0 Å². The second kappa shape index (κ2) is 4.25. The van der Waals surface area contributed by atoms with Gasteiger partial charge in [-0.2, -0.15) is 0 Å². The minimum atomic E-state index is -0.883. The van der Waals surface area contributed by atoms with Crippen molar-refractivity contribution in [3.05, 3.63) is 11.3 Å². The molecule has 0 bridgehead atoms. The molecule has 0 radical (unpaired) electrons. The fraction of sp³-hybridized carbons (Fsp3) is 0.500. The van der Waals surface area contributed by atoms with Crippen molar-refractivity contribution >= 4 is 17.5 Å². The number of rotatable bonds is 2. The van der Waals surface area contributed by atoms with Crippen molar-refractivity contribution < 1.29 is 24.2 Å². The van der Waals surface area contributed by atoms with E-state index in [4.69, 9.17) is 0 Å². The third-order valence-electron chi connectivity index (χ3n) is 2.36. The summed E-state index contributed by atoms with van der Waals surface area (Å²) in [4.78, 5) is 33.6. The average Bonchev–Trinajstić information content (AvgIpc) is 2.16. The van der Waals surface area contributed by atoms with Crippen LogP contribution in [-0.4, -0.2) is 29.8 Å². The molecule has 0 saturated heterocycles. The summed E-state index contributed by atoms with van der Waals surface area (Å²) in [5, 5.41) is 9.61. The van der Waals surface area contributed by atoms with Gasteiger partial charge in [-0.1, -0.05) is 0 Å². The first kappa shape index (κ1) is 11.4. The Hall–Kier alpha value is -1.65. The van der Waals surface area contributed by atoms with Crippen molar-refractivity contribution in [3.63, 3.8) is 0 Å². The first-order valence-electron chi connectivity index (χ1n) is 4.54. The van der Waals surface area contributed by atoms with E-state index in [-0.39, 0.29) is 18.4 Å². The maximum absolute atomic E-state index is 11.3. The second-order valence-electron chi connectivity index (χ2n) is 3.35. The lowest BCUT2D eigenvalue weighted by Gasteiger charge is -2.20. The molecule has 1 aliphatic carbocycles. The van der Waals surface area contributed by atoms with Gasteiger partial charge >= 0.3 is 5.97 Å². The summed E-state index contributed by atoms with van der Waals surface area (Å²) in [5.41, 5.74) is -0.267. The van der Waals surface area contributed by atoms with Gasteiger partial charge in [-0.3, -0.25) is 14.4 Å². The Morgan fingerprint density at radius 2 is 2.07 bits per heavy atom. The van der Waals surface area contributed by atoms with Gasteiger partial charge in [0.1, 0.15) is 11.7 Å². The molecule has 0 amide bonds. The number of ether oxygens (including phenoxy) is 1. The highest BCUT2D eigenvalue weighted by Crippen LogP contribution is 2.27. The molecule has 5 heteroatoms. The molecule has 0 fully saturated rings. The molecular weight excluding hydrogens is 200 g/mol. The van der Waals surface area contributed by atoms with Crippen LogP contribution in [-0.2, 0) is 19.1 Å². The van der Waals surface area contributed by atoms with Crippen molar-refractivity contribution in [1.29, 1.82) is 0 Å². The van der Waals surface area contributed by atoms with E-state index in [2.05, 4.69) is 4.74 Å². The molecule has 0 heterocycles. The molecule has 15 heavy (non-hydrogen) atoms. The van der Waals surface area contributed by atoms with Crippen LogP contribution in [0.25, 0.3) is 0 Å². The van der Waals surface area contributed by atoms with Crippen LogP contribution in [0.4, 0.5) is 0 Å². The molecule has 1 aliphatic rings. The zero-order valence-corrected chi connectivity index (χ0v) is 8.57. The smallest absolute Gasteiger partial charge is 0.316 e. The fourth-order valence-electron chi connectivity index (χ4n) is 1.60. The highest BCUT2D eigenvalue weighted by atomic mass is 16.5. The molecule has 1 atom stereocenters. The number of carbonyl (C=O) groups is 3. The van der Waals surface area contributed by atoms with Crippen LogP contribution in [0.2, 0.25) is 0 Å². The first-order valence-corrected chi connectivity index (χ1v) is 4.54. The monoisotopic (exact) mass is 212 g/mol. The Morgan fingerprint density at radius 1 is 1.47 bits per heavy atom. The third kappa shape index (κ3) is 2.06. The third-order valence-corrected chi connectivity index (χ3v) is 2.36. The lowest BCUT2D eigenvalue weighted by atomic mass is 9.86. The molecule has 0 aromatic heterocycles. The topological polar surface area (TPSA) is 80.7 Å². The summed E-state index contributed by atoms with van der Waals surface area (Å²) < 4.78 is 4.47. The molecule has 0 aromatic carbocycles. The van der Waals surface area contributed by atoms with Gasteiger partial charge in [0, 0.05) is 6.42 Å². The maximum Gasteiger partial charge on any atom is 0.316 e. The maximum atomic E-state index is 11.3. The van der Waals surface area contributed by atoms with Crippen molar-refractivity contribution in [2.75, 3.05) is 7.11 Å². The summed E-state index contributed by atoms with van der Waals surface area (Å²) in [6, 6.07) is 0. The number of aliphatic hydroxyl groups excluding tert-OH is 1. The molecule has 0 spiro atoms. The summed E-state index contributed by atoms with van der Waals surface area (Å²) in [6.07, 6.45) is 0.271. The Bertz CT molecular complexity index is 353. The highest BCUT2D eigenvalue weighted by molar-refractivity contribution is 6.20. The van der Waals surface area contributed by atoms with Gasteiger partial charge in [0.25, 0.3) is 0 Å². The van der Waals surface area contributed by atoms with E-state index in [1.807, 2.05) is 0 Å². The van der Waals surface area contributed by atoms with E-state index >= 15 is 0 Å². The molecule has 0 aromatic rings. The quantitative estimate of drug-likeness (QED) is 0.533. The van der Waals surface area contributed by atoms with Crippen LogP contribution in [0.15, 0.2) is 11.3 Å². The van der Waals surface area contributed by atoms with Gasteiger partial charge in [0.2, 0.25) is 0 Å². The summed E-state index contributed by atoms with van der Waals surface area (Å²) in [6.45, 7) is 1.18. The van der Waals surface area contributed by atoms with E-state index in [0.717, 1.165) is 0 Å². The second-order valence-corrected chi connectivity index (χ2v) is 3.35.